The van der Waals surface area contributed by atoms with Crippen molar-refractivity contribution in [1.29, 1.82) is 0 Å². The van der Waals surface area contributed by atoms with Crippen molar-refractivity contribution in [3.63, 3.8) is 0 Å². The third-order valence-electron chi connectivity index (χ3n) is 3.14. The number of ether oxygens (including phenoxy) is 2. The molecule has 0 atom stereocenters. The Hall–Kier alpha value is -1.06. The normalized spacial score (nSPS) is 11.1. The molecule has 0 saturated carbocycles. The zero-order chi connectivity index (χ0) is 14.0. The average Bonchev–Trinajstić information content (AvgIpc) is 2.35. The molecular formula is C14H26O4. The van der Waals surface area contributed by atoms with Crippen molar-refractivity contribution in [3.05, 3.63) is 0 Å². The third kappa shape index (κ3) is 4.31. The highest BCUT2D eigenvalue weighted by molar-refractivity contribution is 6.00. The molecule has 0 aliphatic heterocycles. The molecule has 0 fully saturated rings. The van der Waals surface area contributed by atoms with Crippen LogP contribution in [0.15, 0.2) is 0 Å². The molecule has 0 saturated heterocycles. The number of carbonyl (C=O) groups excluding carboxylic acids is 2. The van der Waals surface area contributed by atoms with Crippen LogP contribution in [0.5, 0.6) is 0 Å². The van der Waals surface area contributed by atoms with E-state index in [4.69, 9.17) is 9.47 Å². The first-order chi connectivity index (χ1) is 8.58. The molecule has 18 heavy (non-hydrogen) atoms. The monoisotopic (exact) mass is 258 g/mol. The first-order valence-electron chi connectivity index (χ1n) is 6.93. The second-order valence-electron chi connectivity index (χ2n) is 4.33. The second kappa shape index (κ2) is 8.95. The molecular weight excluding hydrogens is 232 g/mol. The molecule has 0 N–H and O–H groups in total. The lowest BCUT2D eigenvalue weighted by molar-refractivity contribution is -0.173. The molecule has 0 aromatic heterocycles. The standard InChI is InChI=1S/C14H26O4/c1-5-9-10-11-14(6-2,12(15)17-7-3)13(16)18-8-4/h5-11H2,1-4H3. The van der Waals surface area contributed by atoms with Crippen LogP contribution in [-0.4, -0.2) is 25.2 Å². The van der Waals surface area contributed by atoms with E-state index in [0.717, 1.165) is 19.3 Å². The summed E-state index contributed by atoms with van der Waals surface area (Å²) in [5.74, 6) is -0.885. The van der Waals surface area contributed by atoms with E-state index in [1.165, 1.54) is 0 Å². The fourth-order valence-corrected chi connectivity index (χ4v) is 1.97. The summed E-state index contributed by atoms with van der Waals surface area (Å²) < 4.78 is 10.1. The van der Waals surface area contributed by atoms with Crippen LogP contribution < -0.4 is 0 Å². The first-order valence-corrected chi connectivity index (χ1v) is 6.93. The number of hydrogen-bond donors (Lipinski definition) is 0. The Balaban J connectivity index is 4.93. The van der Waals surface area contributed by atoms with Gasteiger partial charge in [-0.15, -0.1) is 0 Å². The summed E-state index contributed by atoms with van der Waals surface area (Å²) in [6.07, 6.45) is 3.82. The summed E-state index contributed by atoms with van der Waals surface area (Å²) in [4.78, 5) is 24.2. The van der Waals surface area contributed by atoms with Gasteiger partial charge in [0, 0.05) is 0 Å². The van der Waals surface area contributed by atoms with Gasteiger partial charge in [0.25, 0.3) is 0 Å². The van der Waals surface area contributed by atoms with Crippen molar-refractivity contribution < 1.29 is 19.1 Å². The van der Waals surface area contributed by atoms with Gasteiger partial charge in [-0.05, 0) is 26.7 Å². The van der Waals surface area contributed by atoms with Gasteiger partial charge in [-0.3, -0.25) is 9.59 Å². The van der Waals surface area contributed by atoms with E-state index in [9.17, 15) is 9.59 Å². The van der Waals surface area contributed by atoms with E-state index in [-0.39, 0.29) is 13.2 Å². The fourth-order valence-electron chi connectivity index (χ4n) is 1.97. The summed E-state index contributed by atoms with van der Waals surface area (Å²) in [6.45, 7) is 7.98. The van der Waals surface area contributed by atoms with Crippen LogP contribution in [0.25, 0.3) is 0 Å². The third-order valence-corrected chi connectivity index (χ3v) is 3.14. The van der Waals surface area contributed by atoms with Crippen molar-refractivity contribution in [2.45, 2.75) is 59.8 Å². The lowest BCUT2D eigenvalue weighted by atomic mass is 9.80. The highest BCUT2D eigenvalue weighted by Crippen LogP contribution is 2.32. The fraction of sp³-hybridized carbons (Fsp3) is 0.857. The van der Waals surface area contributed by atoms with E-state index < -0.39 is 17.4 Å². The highest BCUT2D eigenvalue weighted by atomic mass is 16.6. The summed E-state index contributed by atoms with van der Waals surface area (Å²) in [5, 5.41) is 0. The molecule has 0 bridgehead atoms. The van der Waals surface area contributed by atoms with Gasteiger partial charge < -0.3 is 9.47 Å². The van der Waals surface area contributed by atoms with Gasteiger partial charge in [-0.1, -0.05) is 33.1 Å². The molecule has 0 amide bonds. The Morgan fingerprint density at radius 1 is 0.889 bits per heavy atom. The topological polar surface area (TPSA) is 52.6 Å². The lowest BCUT2D eigenvalue weighted by Gasteiger charge is -2.27. The maximum absolute atomic E-state index is 12.1. The molecule has 4 nitrogen and oxygen atoms in total. The van der Waals surface area contributed by atoms with Crippen molar-refractivity contribution in [2.75, 3.05) is 13.2 Å². The minimum Gasteiger partial charge on any atom is -0.465 e. The molecule has 0 aliphatic carbocycles. The molecule has 4 heteroatoms. The van der Waals surface area contributed by atoms with Gasteiger partial charge in [-0.2, -0.15) is 0 Å². The summed E-state index contributed by atoms with van der Waals surface area (Å²) >= 11 is 0. The summed E-state index contributed by atoms with van der Waals surface area (Å²) in [5.41, 5.74) is -1.11. The van der Waals surface area contributed by atoms with Gasteiger partial charge in [0.05, 0.1) is 13.2 Å². The molecule has 0 aliphatic rings. The Kier molecular flexibility index (Phi) is 8.42. The van der Waals surface area contributed by atoms with Crippen LogP contribution in [-0.2, 0) is 19.1 Å². The maximum Gasteiger partial charge on any atom is 0.323 e. The van der Waals surface area contributed by atoms with E-state index in [1.807, 2.05) is 6.92 Å². The van der Waals surface area contributed by atoms with Crippen LogP contribution >= 0.6 is 0 Å². The van der Waals surface area contributed by atoms with Crippen LogP contribution in [0.4, 0.5) is 0 Å². The van der Waals surface area contributed by atoms with Crippen LogP contribution in [0.1, 0.15) is 59.8 Å². The molecule has 0 unspecified atom stereocenters. The van der Waals surface area contributed by atoms with Crippen molar-refractivity contribution >= 4 is 11.9 Å². The molecule has 0 spiro atoms. The van der Waals surface area contributed by atoms with Crippen LogP contribution in [0.2, 0.25) is 0 Å². The predicted molar refractivity (Wildman–Crippen MR) is 70.1 cm³/mol. The summed E-state index contributed by atoms with van der Waals surface area (Å²) in [6, 6.07) is 0. The maximum atomic E-state index is 12.1. The van der Waals surface area contributed by atoms with E-state index in [1.54, 1.807) is 13.8 Å². The predicted octanol–water partition coefficient (Wildman–Crippen LogP) is 3.09. The van der Waals surface area contributed by atoms with Crippen LogP contribution in [0.3, 0.4) is 0 Å². The number of carbonyl (C=O) groups is 2. The number of esters is 2. The Morgan fingerprint density at radius 3 is 1.72 bits per heavy atom. The van der Waals surface area contributed by atoms with Crippen molar-refractivity contribution in [1.82, 2.24) is 0 Å². The zero-order valence-electron chi connectivity index (χ0n) is 12.1. The van der Waals surface area contributed by atoms with Gasteiger partial charge in [0.15, 0.2) is 5.41 Å². The SMILES string of the molecule is CCCCCC(CC)(C(=O)OCC)C(=O)OCC. The minimum absolute atomic E-state index is 0.285. The first kappa shape index (κ1) is 16.9. The van der Waals surface area contributed by atoms with Gasteiger partial charge >= 0.3 is 11.9 Å². The summed E-state index contributed by atoms with van der Waals surface area (Å²) in [7, 11) is 0. The number of hydrogen-bond acceptors (Lipinski definition) is 4. The number of rotatable bonds is 9. The quantitative estimate of drug-likeness (QED) is 0.362. The van der Waals surface area contributed by atoms with Gasteiger partial charge in [-0.25, -0.2) is 0 Å². The highest BCUT2D eigenvalue weighted by Gasteiger charge is 2.46. The van der Waals surface area contributed by atoms with E-state index in [2.05, 4.69) is 6.92 Å². The number of unbranched alkanes of at least 4 members (excludes halogenated alkanes) is 2. The molecule has 0 rings (SSSR count). The average molecular weight is 258 g/mol. The Labute approximate surface area is 110 Å². The van der Waals surface area contributed by atoms with Crippen molar-refractivity contribution in [3.8, 4) is 0 Å². The van der Waals surface area contributed by atoms with Gasteiger partial charge in [0.2, 0.25) is 0 Å². The minimum atomic E-state index is -1.11. The Morgan fingerprint density at radius 2 is 1.39 bits per heavy atom. The molecule has 0 aromatic carbocycles. The van der Waals surface area contributed by atoms with Crippen molar-refractivity contribution in [2.24, 2.45) is 5.41 Å². The van der Waals surface area contributed by atoms with E-state index in [0.29, 0.717) is 12.8 Å². The smallest absolute Gasteiger partial charge is 0.323 e. The second-order valence-corrected chi connectivity index (χ2v) is 4.33. The van der Waals surface area contributed by atoms with Crippen LogP contribution in [0, 0.1) is 5.41 Å². The molecule has 0 heterocycles. The Bertz CT molecular complexity index is 243. The molecule has 106 valence electrons. The lowest BCUT2D eigenvalue weighted by Crippen LogP contribution is -2.41. The molecule has 0 radical (unpaired) electrons. The van der Waals surface area contributed by atoms with Gasteiger partial charge in [0.1, 0.15) is 0 Å². The zero-order valence-corrected chi connectivity index (χ0v) is 12.1. The van der Waals surface area contributed by atoms with E-state index >= 15 is 0 Å². The molecule has 0 aromatic rings. The largest absolute Gasteiger partial charge is 0.465 e.